The Bertz CT molecular complexity index is 192. The third-order valence-electron chi connectivity index (χ3n) is 1.92. The van der Waals surface area contributed by atoms with Crippen LogP contribution in [0.4, 0.5) is 0 Å². The van der Waals surface area contributed by atoms with Gasteiger partial charge >= 0.3 is 0 Å². The highest BCUT2D eigenvalue weighted by Gasteiger charge is 2.25. The molecule has 0 spiro atoms. The molecule has 0 aromatic rings. The lowest BCUT2D eigenvalue weighted by Crippen LogP contribution is -2.46. The summed E-state index contributed by atoms with van der Waals surface area (Å²) in [7, 11) is 0. The first-order valence-corrected chi connectivity index (χ1v) is 4.42. The van der Waals surface area contributed by atoms with Crippen molar-refractivity contribution in [1.82, 2.24) is 10.9 Å². The molecular weight excluding hydrogens is 180 g/mol. The highest BCUT2D eigenvalue weighted by Crippen LogP contribution is 2.25. The molecule has 0 unspecified atom stereocenters. The predicted octanol–water partition coefficient (Wildman–Crippen LogP) is 0.173. The minimum absolute atomic E-state index is 0.0839. The highest BCUT2D eigenvalue weighted by molar-refractivity contribution is 6.27. The number of amides is 2. The van der Waals surface area contributed by atoms with Crippen LogP contribution in [0.2, 0.25) is 0 Å². The average Bonchev–Trinajstić information content (AvgIpc) is 1.97. The number of hydrogen-bond acceptors (Lipinski definition) is 2. The quantitative estimate of drug-likeness (QED) is 0.482. The summed E-state index contributed by atoms with van der Waals surface area (Å²) in [4.78, 5) is 21.7. The molecule has 0 bridgehead atoms. The zero-order valence-electron chi connectivity index (χ0n) is 6.60. The second-order valence-corrected chi connectivity index (χ2v) is 3.07. The van der Waals surface area contributed by atoms with E-state index >= 15 is 0 Å². The molecule has 1 aliphatic rings. The molecule has 2 N–H and O–H groups in total. The van der Waals surface area contributed by atoms with Crippen molar-refractivity contribution in [1.29, 1.82) is 0 Å². The van der Waals surface area contributed by atoms with Crippen molar-refractivity contribution in [3.05, 3.63) is 0 Å². The van der Waals surface area contributed by atoms with Gasteiger partial charge < -0.3 is 0 Å². The summed E-state index contributed by atoms with van der Waals surface area (Å²) in [5.41, 5.74) is 4.52. The molecule has 0 aliphatic heterocycles. The summed E-state index contributed by atoms with van der Waals surface area (Å²) >= 11 is 5.20. The standard InChI is InChI=1S/C7H11ClN2O2/c8-4-6(11)9-10-7(12)5-2-1-3-5/h5H,1-4H2,(H,9,11)(H,10,12). The summed E-state index contributed by atoms with van der Waals surface area (Å²) in [5, 5.41) is 0. The fourth-order valence-corrected chi connectivity index (χ4v) is 1.00. The maximum atomic E-state index is 11.1. The van der Waals surface area contributed by atoms with Gasteiger partial charge in [0, 0.05) is 5.92 Å². The number of alkyl halides is 1. The average molecular weight is 191 g/mol. The van der Waals surface area contributed by atoms with Crippen LogP contribution in [-0.4, -0.2) is 17.7 Å². The lowest BCUT2D eigenvalue weighted by molar-refractivity contribution is -0.132. The van der Waals surface area contributed by atoms with E-state index in [0.29, 0.717) is 0 Å². The van der Waals surface area contributed by atoms with Gasteiger partial charge in [0.2, 0.25) is 5.91 Å². The summed E-state index contributed by atoms with van der Waals surface area (Å²) in [5.74, 6) is -0.546. The first-order valence-electron chi connectivity index (χ1n) is 3.88. The smallest absolute Gasteiger partial charge is 0.253 e. The molecule has 12 heavy (non-hydrogen) atoms. The van der Waals surface area contributed by atoms with Crippen LogP contribution in [0.5, 0.6) is 0 Å². The number of hydrogen-bond donors (Lipinski definition) is 2. The van der Waals surface area contributed by atoms with Gasteiger partial charge in [-0.25, -0.2) is 0 Å². The Morgan fingerprint density at radius 2 is 2.00 bits per heavy atom. The van der Waals surface area contributed by atoms with Crippen molar-refractivity contribution in [3.8, 4) is 0 Å². The minimum atomic E-state index is -0.385. The van der Waals surface area contributed by atoms with Crippen molar-refractivity contribution in [2.24, 2.45) is 5.92 Å². The summed E-state index contributed by atoms with van der Waals surface area (Å²) < 4.78 is 0. The van der Waals surface area contributed by atoms with Crippen LogP contribution in [0.1, 0.15) is 19.3 Å². The van der Waals surface area contributed by atoms with Gasteiger partial charge in [0.1, 0.15) is 5.88 Å². The molecular formula is C7H11ClN2O2. The summed E-state index contributed by atoms with van der Waals surface area (Å²) in [6.45, 7) is 0. The molecule has 0 heterocycles. The monoisotopic (exact) mass is 190 g/mol. The van der Waals surface area contributed by atoms with E-state index in [2.05, 4.69) is 10.9 Å². The van der Waals surface area contributed by atoms with Gasteiger partial charge in [0.15, 0.2) is 0 Å². The maximum Gasteiger partial charge on any atom is 0.253 e. The first-order chi connectivity index (χ1) is 5.74. The molecule has 4 nitrogen and oxygen atoms in total. The van der Waals surface area contributed by atoms with E-state index in [4.69, 9.17) is 11.6 Å². The molecule has 2 amide bonds. The Morgan fingerprint density at radius 1 is 1.33 bits per heavy atom. The lowest BCUT2D eigenvalue weighted by atomic mass is 9.85. The van der Waals surface area contributed by atoms with E-state index in [1.165, 1.54) is 0 Å². The van der Waals surface area contributed by atoms with Crippen LogP contribution in [-0.2, 0) is 9.59 Å². The number of hydrazine groups is 1. The summed E-state index contributed by atoms with van der Waals surface area (Å²) in [6.07, 6.45) is 2.94. The van der Waals surface area contributed by atoms with Gasteiger partial charge in [0.05, 0.1) is 0 Å². The first kappa shape index (κ1) is 9.32. The SMILES string of the molecule is O=C(CCl)NNC(=O)C1CCC1. The van der Waals surface area contributed by atoms with Crippen LogP contribution in [0.25, 0.3) is 0 Å². The molecule has 5 heteroatoms. The number of rotatable bonds is 2. The molecule has 1 saturated carbocycles. The zero-order chi connectivity index (χ0) is 8.97. The Balaban J connectivity index is 2.13. The van der Waals surface area contributed by atoms with Gasteiger partial charge in [-0.1, -0.05) is 6.42 Å². The third-order valence-corrected chi connectivity index (χ3v) is 2.17. The number of halogens is 1. The maximum absolute atomic E-state index is 11.1. The van der Waals surface area contributed by atoms with Crippen LogP contribution in [0.15, 0.2) is 0 Å². The van der Waals surface area contributed by atoms with Crippen LogP contribution in [0, 0.1) is 5.92 Å². The molecule has 1 rings (SSSR count). The molecule has 0 aromatic carbocycles. The van der Waals surface area contributed by atoms with E-state index in [1.54, 1.807) is 0 Å². The van der Waals surface area contributed by atoms with E-state index in [9.17, 15) is 9.59 Å². The third kappa shape index (κ3) is 2.37. The van der Waals surface area contributed by atoms with Gasteiger partial charge in [-0.15, -0.1) is 11.6 Å². The molecule has 0 saturated heterocycles. The second kappa shape index (κ2) is 4.30. The molecule has 0 atom stereocenters. The fraction of sp³-hybridized carbons (Fsp3) is 0.714. The molecule has 0 radical (unpaired) electrons. The van der Waals surface area contributed by atoms with Crippen molar-refractivity contribution in [2.75, 3.05) is 5.88 Å². The van der Waals surface area contributed by atoms with E-state index in [1.807, 2.05) is 0 Å². The van der Waals surface area contributed by atoms with Gasteiger partial charge in [-0.3, -0.25) is 20.4 Å². The minimum Gasteiger partial charge on any atom is -0.273 e. The number of carbonyl (C=O) groups excluding carboxylic acids is 2. The van der Waals surface area contributed by atoms with Crippen LogP contribution >= 0.6 is 11.6 Å². The Kier molecular flexibility index (Phi) is 3.34. The Labute approximate surface area is 75.6 Å². The van der Waals surface area contributed by atoms with Gasteiger partial charge in [-0.05, 0) is 12.8 Å². The van der Waals surface area contributed by atoms with E-state index in [-0.39, 0.29) is 23.6 Å². The van der Waals surface area contributed by atoms with Gasteiger partial charge in [-0.2, -0.15) is 0 Å². The fourth-order valence-electron chi connectivity index (χ4n) is 0.937. The number of carbonyl (C=O) groups is 2. The Morgan fingerprint density at radius 3 is 2.42 bits per heavy atom. The molecule has 68 valence electrons. The topological polar surface area (TPSA) is 58.2 Å². The molecule has 0 aromatic heterocycles. The Hall–Kier alpha value is -0.770. The highest BCUT2D eigenvalue weighted by atomic mass is 35.5. The molecule has 1 fully saturated rings. The van der Waals surface area contributed by atoms with E-state index in [0.717, 1.165) is 19.3 Å². The summed E-state index contributed by atoms with van der Waals surface area (Å²) in [6, 6.07) is 0. The van der Waals surface area contributed by atoms with Gasteiger partial charge in [0.25, 0.3) is 5.91 Å². The van der Waals surface area contributed by atoms with E-state index < -0.39 is 0 Å². The van der Waals surface area contributed by atoms with Crippen LogP contribution in [0.3, 0.4) is 0 Å². The number of nitrogens with one attached hydrogen (secondary N) is 2. The van der Waals surface area contributed by atoms with Crippen molar-refractivity contribution in [2.45, 2.75) is 19.3 Å². The zero-order valence-corrected chi connectivity index (χ0v) is 7.36. The normalized spacial score (nSPS) is 16.4. The lowest BCUT2D eigenvalue weighted by Gasteiger charge is -2.23. The van der Waals surface area contributed by atoms with Crippen molar-refractivity contribution in [3.63, 3.8) is 0 Å². The molecule has 1 aliphatic carbocycles. The second-order valence-electron chi connectivity index (χ2n) is 2.80. The van der Waals surface area contributed by atoms with Crippen molar-refractivity contribution < 1.29 is 9.59 Å². The van der Waals surface area contributed by atoms with Crippen molar-refractivity contribution >= 4 is 23.4 Å². The predicted molar refractivity (Wildman–Crippen MR) is 44.3 cm³/mol. The largest absolute Gasteiger partial charge is 0.273 e. The van der Waals surface area contributed by atoms with Crippen LogP contribution < -0.4 is 10.9 Å².